The van der Waals surface area contributed by atoms with E-state index in [-0.39, 0.29) is 0 Å². The van der Waals surface area contributed by atoms with Crippen molar-refractivity contribution in [2.75, 3.05) is 10.2 Å². The number of aryl methyl sites for hydroxylation is 4. The maximum atomic E-state index is 6.87. The second-order valence-corrected chi connectivity index (χ2v) is 18.2. The summed E-state index contributed by atoms with van der Waals surface area (Å²) < 4.78 is 6.87. The van der Waals surface area contributed by atoms with Crippen LogP contribution in [0.5, 0.6) is 0 Å². The molecule has 8 aromatic carbocycles. The van der Waals surface area contributed by atoms with E-state index in [9.17, 15) is 0 Å². The summed E-state index contributed by atoms with van der Waals surface area (Å²) in [5, 5.41) is 14.6. The van der Waals surface area contributed by atoms with Gasteiger partial charge in [-0.25, -0.2) is 0 Å². The Labute approximate surface area is 348 Å². The van der Waals surface area contributed by atoms with E-state index in [1.807, 2.05) is 0 Å². The highest BCUT2D eigenvalue weighted by molar-refractivity contribution is 6.29. The van der Waals surface area contributed by atoms with E-state index in [0.717, 1.165) is 27.6 Å². The maximum absolute atomic E-state index is 6.87. The minimum Gasteiger partial charge on any atom is -0.454 e. The molecule has 1 N–H and O–H groups in total. The molecule has 0 spiro atoms. The van der Waals surface area contributed by atoms with Crippen molar-refractivity contribution in [3.63, 3.8) is 0 Å². The molecule has 3 nitrogen and oxygen atoms in total. The number of benzene rings is 8. The molecule has 2 aliphatic carbocycles. The number of nitrogens with one attached hydrogen (secondary N) is 1. The Balaban J connectivity index is 1.26. The molecule has 294 valence electrons. The van der Waals surface area contributed by atoms with E-state index < -0.39 is 0 Å². The number of rotatable bonds is 7. The van der Waals surface area contributed by atoms with Crippen molar-refractivity contribution in [1.29, 1.82) is 0 Å². The number of hydrogen-bond donors (Lipinski definition) is 1. The predicted octanol–water partition coefficient (Wildman–Crippen LogP) is 16.9. The molecule has 59 heavy (non-hydrogen) atoms. The summed E-state index contributed by atoms with van der Waals surface area (Å²) in [5.41, 5.74) is 18.7. The van der Waals surface area contributed by atoms with Crippen molar-refractivity contribution in [2.45, 2.75) is 105 Å². The van der Waals surface area contributed by atoms with Gasteiger partial charge in [-0.3, -0.25) is 0 Å². The monoisotopic (exact) mass is 770 g/mol. The molecular weight excluding hydrogens is 717 g/mol. The van der Waals surface area contributed by atoms with Crippen LogP contribution in [0.4, 0.5) is 28.4 Å². The zero-order valence-corrected chi connectivity index (χ0v) is 35.5. The third kappa shape index (κ3) is 5.75. The first-order valence-corrected chi connectivity index (χ1v) is 22.1. The van der Waals surface area contributed by atoms with Crippen LogP contribution >= 0.6 is 0 Å². The molecule has 2 saturated carbocycles. The van der Waals surface area contributed by atoms with Gasteiger partial charge in [-0.2, -0.15) is 0 Å². The van der Waals surface area contributed by atoms with Crippen molar-refractivity contribution in [3.05, 3.63) is 148 Å². The highest BCUT2D eigenvalue weighted by Gasteiger charge is 2.29. The molecule has 3 heteroatoms. The van der Waals surface area contributed by atoms with Crippen LogP contribution in [0, 0.1) is 41.5 Å². The third-order valence-corrected chi connectivity index (χ3v) is 14.8. The first-order valence-electron chi connectivity index (χ1n) is 22.1. The third-order valence-electron chi connectivity index (χ3n) is 14.8. The predicted molar refractivity (Wildman–Crippen MR) is 253 cm³/mol. The number of para-hydroxylation sites is 2. The van der Waals surface area contributed by atoms with Crippen molar-refractivity contribution in [2.24, 2.45) is 0 Å². The summed E-state index contributed by atoms with van der Waals surface area (Å²) in [6.45, 7) is 13.5. The summed E-state index contributed by atoms with van der Waals surface area (Å²) in [5.74, 6) is 1.09. The molecule has 0 aliphatic heterocycles. The van der Waals surface area contributed by atoms with Crippen LogP contribution in [0.25, 0.3) is 54.3 Å². The molecule has 0 atom stereocenters. The molecule has 0 amide bonds. The van der Waals surface area contributed by atoms with Crippen molar-refractivity contribution < 1.29 is 4.42 Å². The van der Waals surface area contributed by atoms with E-state index in [1.165, 1.54) is 151 Å². The van der Waals surface area contributed by atoms with Crippen LogP contribution in [-0.2, 0) is 0 Å². The molecule has 2 aliphatic rings. The topological polar surface area (TPSA) is 28.4 Å². The van der Waals surface area contributed by atoms with Gasteiger partial charge in [-0.05, 0) is 194 Å². The summed E-state index contributed by atoms with van der Waals surface area (Å²) >= 11 is 0. The summed E-state index contributed by atoms with van der Waals surface area (Å²) in [4.78, 5) is 2.55. The molecular formula is C56H54N2O. The maximum Gasteiger partial charge on any atom is 0.159 e. The highest BCUT2D eigenvalue weighted by atomic mass is 16.3. The van der Waals surface area contributed by atoms with E-state index in [1.54, 1.807) is 0 Å². The van der Waals surface area contributed by atoms with Crippen LogP contribution in [-0.4, -0.2) is 0 Å². The van der Waals surface area contributed by atoms with E-state index in [0.29, 0.717) is 11.8 Å². The lowest BCUT2D eigenvalue weighted by Crippen LogP contribution is -2.13. The normalized spacial score (nSPS) is 15.3. The Morgan fingerprint density at radius 3 is 1.69 bits per heavy atom. The Bertz CT molecular complexity index is 3070. The Hall–Kier alpha value is -5.80. The van der Waals surface area contributed by atoms with E-state index in [2.05, 4.69) is 155 Å². The first-order chi connectivity index (χ1) is 28.7. The van der Waals surface area contributed by atoms with Gasteiger partial charge in [0.05, 0.1) is 11.4 Å². The van der Waals surface area contributed by atoms with Gasteiger partial charge in [0.25, 0.3) is 0 Å². The van der Waals surface area contributed by atoms with Gasteiger partial charge in [-0.1, -0.05) is 80.3 Å². The number of furan rings is 1. The quantitative estimate of drug-likeness (QED) is 0.164. The highest BCUT2D eigenvalue weighted by Crippen LogP contribution is 2.53. The van der Waals surface area contributed by atoms with Crippen molar-refractivity contribution in [1.82, 2.24) is 0 Å². The van der Waals surface area contributed by atoms with Crippen LogP contribution in [0.15, 0.2) is 108 Å². The molecule has 1 heterocycles. The van der Waals surface area contributed by atoms with Crippen LogP contribution in [0.2, 0.25) is 0 Å². The SMILES string of the molecule is Cc1cc(Nc2cc(C3CCCC3)c3ccc4c(N(c5cc(C)c(C)c(C)c5)c5cccc6c5oc5ccccc56)cc(C5CCCC5)c5ccc2c3c54)cc(C)c1C. The first kappa shape index (κ1) is 36.3. The van der Waals surface area contributed by atoms with Gasteiger partial charge in [0, 0.05) is 38.6 Å². The van der Waals surface area contributed by atoms with Gasteiger partial charge in [0.2, 0.25) is 0 Å². The molecule has 0 bridgehead atoms. The lowest BCUT2D eigenvalue weighted by molar-refractivity contribution is 0.669. The van der Waals surface area contributed by atoms with E-state index >= 15 is 0 Å². The Kier molecular flexibility index (Phi) is 8.55. The average molecular weight is 771 g/mol. The average Bonchev–Trinajstić information content (AvgIpc) is 4.05. The minimum atomic E-state index is 0.522. The van der Waals surface area contributed by atoms with Gasteiger partial charge < -0.3 is 14.6 Å². The summed E-state index contributed by atoms with van der Waals surface area (Å²) in [6.07, 6.45) is 10.2. The number of anilines is 5. The zero-order valence-electron chi connectivity index (χ0n) is 35.5. The van der Waals surface area contributed by atoms with Crippen molar-refractivity contribution >= 4 is 82.7 Å². The van der Waals surface area contributed by atoms with Gasteiger partial charge in [0.1, 0.15) is 5.58 Å². The van der Waals surface area contributed by atoms with Gasteiger partial charge >= 0.3 is 0 Å². The molecule has 0 unspecified atom stereocenters. The fourth-order valence-electron chi connectivity index (χ4n) is 11.2. The lowest BCUT2D eigenvalue weighted by atomic mass is 9.82. The van der Waals surface area contributed by atoms with Crippen LogP contribution < -0.4 is 10.2 Å². The summed E-state index contributed by atoms with van der Waals surface area (Å²) in [6, 6.07) is 39.6. The van der Waals surface area contributed by atoms with Crippen LogP contribution in [0.1, 0.15) is 108 Å². The largest absolute Gasteiger partial charge is 0.454 e. The second kappa shape index (κ2) is 13.9. The molecule has 2 fully saturated rings. The fourth-order valence-corrected chi connectivity index (χ4v) is 11.2. The van der Waals surface area contributed by atoms with Gasteiger partial charge in [0.15, 0.2) is 5.58 Å². The number of nitrogens with zero attached hydrogens (tertiary/aromatic N) is 1. The van der Waals surface area contributed by atoms with Crippen LogP contribution in [0.3, 0.4) is 0 Å². The smallest absolute Gasteiger partial charge is 0.159 e. The van der Waals surface area contributed by atoms with Gasteiger partial charge in [-0.15, -0.1) is 0 Å². The minimum absolute atomic E-state index is 0.522. The van der Waals surface area contributed by atoms with Crippen molar-refractivity contribution in [3.8, 4) is 0 Å². The molecule has 1 aromatic heterocycles. The number of fused-ring (bicyclic) bond motifs is 3. The molecule has 11 rings (SSSR count). The fraction of sp³-hybridized carbons (Fsp3) is 0.286. The van der Waals surface area contributed by atoms with E-state index in [4.69, 9.17) is 4.42 Å². The Morgan fingerprint density at radius 2 is 1.03 bits per heavy atom. The Morgan fingerprint density at radius 1 is 0.492 bits per heavy atom. The zero-order chi connectivity index (χ0) is 40.1. The molecule has 0 saturated heterocycles. The molecule has 9 aromatic rings. The lowest BCUT2D eigenvalue weighted by Gasteiger charge is -2.31. The summed E-state index contributed by atoms with van der Waals surface area (Å²) in [7, 11) is 0. The number of hydrogen-bond acceptors (Lipinski definition) is 3. The second-order valence-electron chi connectivity index (χ2n) is 18.2. The standard InChI is InChI=1S/C56H54N2O/c1-32-26-40(27-33(2)36(32)5)57-50-30-48(38-14-7-8-15-38)43-23-25-47-52(31-49(39-16-9-10-17-39)44-22-24-46(50)54(43)55(44)47)58(41-28-34(3)37(6)35(4)29-41)51-20-13-19-45-42-18-11-12-21-53(42)59-56(45)51/h11-13,18-31,38-39,57H,7-10,14-17H2,1-6H3. The molecule has 0 radical (unpaired) electrons.